The third-order valence-corrected chi connectivity index (χ3v) is 7.36. The van der Waals surface area contributed by atoms with Gasteiger partial charge in [0.25, 0.3) is 0 Å². The summed E-state index contributed by atoms with van der Waals surface area (Å²) < 4.78 is 6.35. The molecule has 0 unspecified atom stereocenters. The Morgan fingerprint density at radius 3 is 2.12 bits per heavy atom. The standard InChI is InChI=1S/C32H38N4O3S/c1-32(2,3)39-31(38)33-21-12-13-22-36(30(37)35-29-34-27-18-10-11-19-28(27)40-29)23-20-26(24-14-6-4-7-15-24)25-16-8-5-9-17-25/h4-11,14-19,26H,12-13,20-23H2,1-3H3,(H,33,38)(H,34,35,37). The van der Waals surface area contributed by atoms with E-state index in [1.807, 2.05) is 62.1 Å². The number of hydrogen-bond donors (Lipinski definition) is 2. The van der Waals surface area contributed by atoms with Crippen LogP contribution in [-0.2, 0) is 4.74 Å². The van der Waals surface area contributed by atoms with E-state index in [1.165, 1.54) is 22.5 Å². The van der Waals surface area contributed by atoms with Gasteiger partial charge >= 0.3 is 12.1 Å². The third kappa shape index (κ3) is 8.81. The van der Waals surface area contributed by atoms with Crippen LogP contribution >= 0.6 is 11.3 Å². The first-order chi connectivity index (χ1) is 19.3. The number of unbranched alkanes of at least 4 members (excludes halogenated alkanes) is 1. The Morgan fingerprint density at radius 2 is 1.50 bits per heavy atom. The zero-order valence-electron chi connectivity index (χ0n) is 23.4. The normalized spacial score (nSPS) is 11.4. The van der Waals surface area contributed by atoms with Crippen molar-refractivity contribution in [1.82, 2.24) is 15.2 Å². The third-order valence-electron chi connectivity index (χ3n) is 6.41. The van der Waals surface area contributed by atoms with Crippen LogP contribution in [0.25, 0.3) is 10.2 Å². The number of hydrogen-bond acceptors (Lipinski definition) is 5. The molecule has 3 amide bonds. The maximum atomic E-state index is 13.5. The summed E-state index contributed by atoms with van der Waals surface area (Å²) in [7, 11) is 0. The van der Waals surface area contributed by atoms with Crippen molar-refractivity contribution < 1.29 is 14.3 Å². The molecular formula is C32H38N4O3S. The predicted octanol–water partition coefficient (Wildman–Crippen LogP) is 7.66. The molecule has 0 saturated carbocycles. The number of carbonyl (C=O) groups excluding carboxylic acids is 2. The number of ether oxygens (including phenoxy) is 1. The van der Waals surface area contributed by atoms with Gasteiger partial charge in [-0.05, 0) is 63.3 Å². The highest BCUT2D eigenvalue weighted by molar-refractivity contribution is 7.22. The fraction of sp³-hybridized carbons (Fsp3) is 0.344. The van der Waals surface area contributed by atoms with Crippen LogP contribution in [0.3, 0.4) is 0 Å². The number of amides is 3. The van der Waals surface area contributed by atoms with Gasteiger partial charge in [-0.25, -0.2) is 14.6 Å². The Hall–Kier alpha value is -3.91. The largest absolute Gasteiger partial charge is 0.444 e. The van der Waals surface area contributed by atoms with Crippen molar-refractivity contribution in [3.05, 3.63) is 96.1 Å². The smallest absolute Gasteiger partial charge is 0.407 e. The second-order valence-electron chi connectivity index (χ2n) is 10.7. The highest BCUT2D eigenvalue weighted by Crippen LogP contribution is 2.29. The van der Waals surface area contributed by atoms with Gasteiger partial charge in [0.15, 0.2) is 5.13 Å². The molecule has 4 aromatic rings. The molecule has 0 radical (unpaired) electrons. The molecule has 1 aromatic heterocycles. The Kier molecular flexibility index (Phi) is 10.1. The van der Waals surface area contributed by atoms with E-state index in [-0.39, 0.29) is 11.9 Å². The van der Waals surface area contributed by atoms with E-state index in [0.29, 0.717) is 24.8 Å². The van der Waals surface area contributed by atoms with Crippen LogP contribution in [0.1, 0.15) is 57.1 Å². The highest BCUT2D eigenvalue weighted by Gasteiger charge is 2.20. The molecule has 0 saturated heterocycles. The Balaban J connectivity index is 1.42. The number of fused-ring (bicyclic) bond motifs is 1. The van der Waals surface area contributed by atoms with E-state index in [1.54, 1.807) is 0 Å². The topological polar surface area (TPSA) is 83.6 Å². The summed E-state index contributed by atoms with van der Waals surface area (Å²) in [6.07, 6.45) is 1.82. The van der Waals surface area contributed by atoms with Gasteiger partial charge in [0.2, 0.25) is 0 Å². The Morgan fingerprint density at radius 1 is 0.875 bits per heavy atom. The summed E-state index contributed by atoms with van der Waals surface area (Å²) in [5.41, 5.74) is 2.78. The quantitative estimate of drug-likeness (QED) is 0.185. The fourth-order valence-electron chi connectivity index (χ4n) is 4.52. The van der Waals surface area contributed by atoms with Crippen LogP contribution < -0.4 is 10.6 Å². The molecule has 7 nitrogen and oxygen atoms in total. The molecule has 0 atom stereocenters. The minimum absolute atomic E-state index is 0.161. The molecule has 0 fully saturated rings. The van der Waals surface area contributed by atoms with Gasteiger partial charge < -0.3 is 15.0 Å². The van der Waals surface area contributed by atoms with Crippen LogP contribution in [0, 0.1) is 0 Å². The lowest BCUT2D eigenvalue weighted by molar-refractivity contribution is 0.0526. The lowest BCUT2D eigenvalue weighted by Crippen LogP contribution is -2.37. The number of para-hydroxylation sites is 1. The highest BCUT2D eigenvalue weighted by atomic mass is 32.1. The molecule has 0 aliphatic carbocycles. The molecule has 0 spiro atoms. The molecule has 3 aromatic carbocycles. The number of alkyl carbamates (subject to hydrolysis) is 1. The Labute approximate surface area is 240 Å². The van der Waals surface area contributed by atoms with Gasteiger partial charge in [-0.2, -0.15) is 0 Å². The maximum Gasteiger partial charge on any atom is 0.407 e. The molecule has 0 bridgehead atoms. The molecule has 210 valence electrons. The van der Waals surface area contributed by atoms with E-state index in [9.17, 15) is 9.59 Å². The lowest BCUT2D eigenvalue weighted by Gasteiger charge is -2.26. The van der Waals surface area contributed by atoms with E-state index < -0.39 is 11.7 Å². The van der Waals surface area contributed by atoms with Crippen molar-refractivity contribution in [3.63, 3.8) is 0 Å². The van der Waals surface area contributed by atoms with Crippen molar-refractivity contribution in [2.75, 3.05) is 25.0 Å². The molecule has 2 N–H and O–H groups in total. The average molecular weight is 559 g/mol. The summed E-state index contributed by atoms with van der Waals surface area (Å²) >= 11 is 1.47. The Bertz CT molecular complexity index is 1300. The second kappa shape index (κ2) is 13.9. The van der Waals surface area contributed by atoms with Gasteiger partial charge in [-0.15, -0.1) is 0 Å². The van der Waals surface area contributed by atoms with E-state index in [0.717, 1.165) is 29.5 Å². The number of anilines is 1. The molecular weight excluding hydrogens is 520 g/mol. The first-order valence-corrected chi connectivity index (χ1v) is 14.6. The van der Waals surface area contributed by atoms with Gasteiger partial charge in [0, 0.05) is 25.6 Å². The van der Waals surface area contributed by atoms with Gasteiger partial charge in [-0.3, -0.25) is 5.32 Å². The van der Waals surface area contributed by atoms with Gasteiger partial charge in [0.05, 0.1) is 10.2 Å². The zero-order chi connectivity index (χ0) is 28.4. The van der Waals surface area contributed by atoms with E-state index >= 15 is 0 Å². The minimum atomic E-state index is -0.534. The number of rotatable bonds is 11. The van der Waals surface area contributed by atoms with Crippen LogP contribution in [0.4, 0.5) is 14.7 Å². The van der Waals surface area contributed by atoms with Crippen molar-refractivity contribution in [2.24, 2.45) is 0 Å². The molecule has 8 heteroatoms. The molecule has 40 heavy (non-hydrogen) atoms. The zero-order valence-corrected chi connectivity index (χ0v) is 24.2. The van der Waals surface area contributed by atoms with Crippen LogP contribution in [0.15, 0.2) is 84.9 Å². The lowest BCUT2D eigenvalue weighted by atomic mass is 9.88. The summed E-state index contributed by atoms with van der Waals surface area (Å²) in [5, 5.41) is 6.41. The summed E-state index contributed by atoms with van der Waals surface area (Å²) in [4.78, 5) is 31.9. The number of thiazole rings is 1. The fourth-order valence-corrected chi connectivity index (χ4v) is 5.38. The van der Waals surface area contributed by atoms with Crippen molar-refractivity contribution >= 4 is 38.8 Å². The van der Waals surface area contributed by atoms with Crippen LogP contribution in [-0.4, -0.2) is 47.2 Å². The van der Waals surface area contributed by atoms with Gasteiger partial charge in [-0.1, -0.05) is 84.1 Å². The molecule has 4 rings (SSSR count). The first kappa shape index (κ1) is 29.1. The van der Waals surface area contributed by atoms with Crippen molar-refractivity contribution in [1.29, 1.82) is 0 Å². The molecule has 1 heterocycles. The number of benzene rings is 3. The second-order valence-corrected chi connectivity index (χ2v) is 11.7. The molecule has 0 aliphatic heterocycles. The number of aromatic nitrogens is 1. The van der Waals surface area contributed by atoms with Crippen LogP contribution in [0.2, 0.25) is 0 Å². The van der Waals surface area contributed by atoms with Crippen molar-refractivity contribution in [3.8, 4) is 0 Å². The van der Waals surface area contributed by atoms with Crippen molar-refractivity contribution in [2.45, 2.75) is 51.6 Å². The van der Waals surface area contributed by atoms with Crippen LogP contribution in [0.5, 0.6) is 0 Å². The van der Waals surface area contributed by atoms with Gasteiger partial charge in [0.1, 0.15) is 5.60 Å². The number of nitrogens with zero attached hydrogens (tertiary/aromatic N) is 2. The average Bonchev–Trinajstić information content (AvgIpc) is 3.34. The minimum Gasteiger partial charge on any atom is -0.444 e. The number of nitrogens with one attached hydrogen (secondary N) is 2. The van der Waals surface area contributed by atoms with E-state index in [2.05, 4.69) is 64.1 Å². The van der Waals surface area contributed by atoms with E-state index in [4.69, 9.17) is 4.74 Å². The summed E-state index contributed by atoms with van der Waals surface area (Å²) in [6.45, 7) is 7.14. The summed E-state index contributed by atoms with van der Waals surface area (Å²) in [5.74, 6) is 0.161. The molecule has 0 aliphatic rings. The number of carbonyl (C=O) groups is 2. The summed E-state index contributed by atoms with van der Waals surface area (Å²) in [6, 6.07) is 28.5. The SMILES string of the molecule is CC(C)(C)OC(=O)NCCCCN(CCC(c1ccccc1)c1ccccc1)C(=O)Nc1nc2ccccc2s1. The monoisotopic (exact) mass is 558 g/mol. The maximum absolute atomic E-state index is 13.5. The number of urea groups is 1. The predicted molar refractivity (Wildman–Crippen MR) is 163 cm³/mol. The first-order valence-electron chi connectivity index (χ1n) is 13.8.